The van der Waals surface area contributed by atoms with Gasteiger partial charge in [-0.1, -0.05) is 110 Å². The Labute approximate surface area is 206 Å². The van der Waals surface area contributed by atoms with Crippen molar-refractivity contribution in [2.45, 2.75) is 6.92 Å². The summed E-state index contributed by atoms with van der Waals surface area (Å²) < 4.78 is 0. The van der Waals surface area contributed by atoms with Crippen LogP contribution in [0.2, 0.25) is 0 Å². The zero-order chi connectivity index (χ0) is 23.8. The van der Waals surface area contributed by atoms with E-state index in [2.05, 4.69) is 117 Å². The lowest BCUT2D eigenvalue weighted by Crippen LogP contribution is -1.91. The zero-order valence-electron chi connectivity index (χ0n) is 19.7. The SMILES string of the molecule is C=Cc1ccccc1-c1cccc(-c2ccc(-c3cc4ccccc4c4ncccc34)cc2)c1C. The lowest BCUT2D eigenvalue weighted by atomic mass is 9.89. The Kier molecular flexibility index (Phi) is 5.24. The van der Waals surface area contributed by atoms with Crippen LogP contribution in [-0.4, -0.2) is 4.98 Å². The smallest absolute Gasteiger partial charge is 0.0786 e. The molecular formula is C34H25N. The summed E-state index contributed by atoms with van der Waals surface area (Å²) in [5, 5.41) is 3.58. The molecule has 0 bridgehead atoms. The Bertz CT molecular complexity index is 1710. The van der Waals surface area contributed by atoms with Gasteiger partial charge >= 0.3 is 0 Å². The minimum atomic E-state index is 1.05. The van der Waals surface area contributed by atoms with E-state index in [1.807, 2.05) is 18.3 Å². The molecule has 0 amide bonds. The molecule has 0 atom stereocenters. The normalized spacial score (nSPS) is 11.1. The molecule has 0 saturated carbocycles. The van der Waals surface area contributed by atoms with Gasteiger partial charge in [0, 0.05) is 17.0 Å². The Balaban J connectivity index is 1.46. The van der Waals surface area contributed by atoms with Crippen molar-refractivity contribution in [3.05, 3.63) is 133 Å². The molecule has 6 rings (SSSR count). The maximum absolute atomic E-state index is 4.72. The highest BCUT2D eigenvalue weighted by Gasteiger charge is 2.12. The highest BCUT2D eigenvalue weighted by molar-refractivity contribution is 6.11. The van der Waals surface area contributed by atoms with Crippen LogP contribution in [0.5, 0.6) is 0 Å². The Morgan fingerprint density at radius 2 is 1.26 bits per heavy atom. The van der Waals surface area contributed by atoms with Crippen LogP contribution in [0.1, 0.15) is 11.1 Å². The van der Waals surface area contributed by atoms with Crippen LogP contribution in [0.4, 0.5) is 0 Å². The number of nitrogens with zero attached hydrogens (tertiary/aromatic N) is 1. The number of fused-ring (bicyclic) bond motifs is 3. The van der Waals surface area contributed by atoms with E-state index in [1.54, 1.807) is 0 Å². The second-order valence-electron chi connectivity index (χ2n) is 8.89. The number of hydrogen-bond acceptors (Lipinski definition) is 1. The quantitative estimate of drug-likeness (QED) is 0.245. The van der Waals surface area contributed by atoms with Crippen LogP contribution in [0.3, 0.4) is 0 Å². The number of benzene rings is 5. The predicted molar refractivity (Wildman–Crippen MR) is 150 cm³/mol. The van der Waals surface area contributed by atoms with Gasteiger partial charge < -0.3 is 0 Å². The fourth-order valence-electron chi connectivity index (χ4n) is 5.14. The second kappa shape index (κ2) is 8.70. The van der Waals surface area contributed by atoms with Crippen molar-refractivity contribution in [3.8, 4) is 33.4 Å². The van der Waals surface area contributed by atoms with E-state index in [9.17, 15) is 0 Å². The van der Waals surface area contributed by atoms with Crippen LogP contribution >= 0.6 is 0 Å². The van der Waals surface area contributed by atoms with Crippen LogP contribution in [0.15, 0.2) is 122 Å². The fourth-order valence-corrected chi connectivity index (χ4v) is 5.14. The van der Waals surface area contributed by atoms with Crippen LogP contribution in [-0.2, 0) is 0 Å². The zero-order valence-corrected chi connectivity index (χ0v) is 19.7. The molecular weight excluding hydrogens is 422 g/mol. The highest BCUT2D eigenvalue weighted by Crippen LogP contribution is 2.37. The van der Waals surface area contributed by atoms with E-state index in [0.717, 1.165) is 11.1 Å². The molecule has 0 unspecified atom stereocenters. The van der Waals surface area contributed by atoms with Crippen LogP contribution in [0, 0.1) is 6.92 Å². The summed E-state index contributed by atoms with van der Waals surface area (Å²) in [7, 11) is 0. The first-order chi connectivity index (χ1) is 17.2. The second-order valence-corrected chi connectivity index (χ2v) is 8.89. The topological polar surface area (TPSA) is 12.9 Å². The summed E-state index contributed by atoms with van der Waals surface area (Å²) in [6.07, 6.45) is 3.81. The molecule has 0 aliphatic carbocycles. The van der Waals surface area contributed by atoms with E-state index in [1.165, 1.54) is 55.1 Å². The summed E-state index contributed by atoms with van der Waals surface area (Å²) in [4.78, 5) is 4.72. The molecule has 35 heavy (non-hydrogen) atoms. The summed E-state index contributed by atoms with van der Waals surface area (Å²) in [5.41, 5.74) is 10.8. The van der Waals surface area contributed by atoms with E-state index >= 15 is 0 Å². The first-order valence-electron chi connectivity index (χ1n) is 11.9. The fraction of sp³-hybridized carbons (Fsp3) is 0.0294. The molecule has 0 spiro atoms. The molecule has 166 valence electrons. The molecule has 5 aromatic carbocycles. The lowest BCUT2D eigenvalue weighted by molar-refractivity contribution is 1.43. The standard InChI is InChI=1S/C34H25N/c1-3-24-10-4-6-12-30(24)29-15-8-14-28(23(29)2)25-17-19-26(20-18-25)33-22-27-11-5-7-13-31(27)34-32(33)16-9-21-35-34/h3-22H,1H2,2H3. The number of hydrogen-bond donors (Lipinski definition) is 0. The predicted octanol–water partition coefficient (Wildman–Crippen LogP) is 9.34. The average molecular weight is 448 g/mol. The van der Waals surface area contributed by atoms with E-state index in [-0.39, 0.29) is 0 Å². The van der Waals surface area contributed by atoms with Crippen molar-refractivity contribution in [2.24, 2.45) is 0 Å². The van der Waals surface area contributed by atoms with Gasteiger partial charge in [-0.25, -0.2) is 0 Å². The first-order valence-corrected chi connectivity index (χ1v) is 11.9. The lowest BCUT2D eigenvalue weighted by Gasteiger charge is -2.15. The third-order valence-electron chi connectivity index (χ3n) is 6.93. The molecule has 0 aliphatic rings. The number of pyridine rings is 1. The van der Waals surface area contributed by atoms with Gasteiger partial charge in [-0.05, 0) is 69.0 Å². The Hall–Kier alpha value is -4.49. The molecule has 0 aliphatic heterocycles. The largest absolute Gasteiger partial charge is 0.256 e. The molecule has 0 radical (unpaired) electrons. The van der Waals surface area contributed by atoms with Crippen LogP contribution < -0.4 is 0 Å². The Morgan fingerprint density at radius 1 is 0.600 bits per heavy atom. The van der Waals surface area contributed by atoms with Crippen molar-refractivity contribution in [1.82, 2.24) is 4.98 Å². The van der Waals surface area contributed by atoms with Crippen molar-refractivity contribution in [2.75, 3.05) is 0 Å². The number of rotatable bonds is 4. The van der Waals surface area contributed by atoms with Gasteiger partial charge in [0.05, 0.1) is 5.52 Å². The summed E-state index contributed by atoms with van der Waals surface area (Å²) in [6, 6.07) is 38.9. The average Bonchev–Trinajstić information content (AvgIpc) is 2.93. The maximum atomic E-state index is 4.72. The van der Waals surface area contributed by atoms with Gasteiger partial charge in [0.25, 0.3) is 0 Å². The molecule has 1 nitrogen and oxygen atoms in total. The van der Waals surface area contributed by atoms with Gasteiger partial charge in [0.1, 0.15) is 0 Å². The summed E-state index contributed by atoms with van der Waals surface area (Å²) >= 11 is 0. The molecule has 0 fully saturated rings. The molecule has 6 aromatic rings. The molecule has 1 heterocycles. The third kappa shape index (κ3) is 3.62. The van der Waals surface area contributed by atoms with Gasteiger partial charge in [-0.15, -0.1) is 0 Å². The van der Waals surface area contributed by atoms with Crippen molar-refractivity contribution in [3.63, 3.8) is 0 Å². The van der Waals surface area contributed by atoms with Crippen molar-refractivity contribution >= 4 is 27.8 Å². The summed E-state index contributed by atoms with van der Waals surface area (Å²) in [5.74, 6) is 0. The van der Waals surface area contributed by atoms with Crippen molar-refractivity contribution in [1.29, 1.82) is 0 Å². The van der Waals surface area contributed by atoms with Crippen LogP contribution in [0.25, 0.3) is 61.1 Å². The number of aromatic nitrogens is 1. The van der Waals surface area contributed by atoms with Gasteiger partial charge in [0.2, 0.25) is 0 Å². The van der Waals surface area contributed by atoms with Gasteiger partial charge in [-0.2, -0.15) is 0 Å². The van der Waals surface area contributed by atoms with Crippen molar-refractivity contribution < 1.29 is 0 Å². The molecule has 1 aromatic heterocycles. The molecule has 1 heteroatoms. The summed E-state index contributed by atoms with van der Waals surface area (Å²) in [6.45, 7) is 6.21. The third-order valence-corrected chi connectivity index (χ3v) is 6.93. The molecule has 0 N–H and O–H groups in total. The monoisotopic (exact) mass is 447 g/mol. The maximum Gasteiger partial charge on any atom is 0.0786 e. The molecule has 0 saturated heterocycles. The Morgan fingerprint density at radius 3 is 2.09 bits per heavy atom. The first kappa shape index (κ1) is 21.1. The van der Waals surface area contributed by atoms with E-state index < -0.39 is 0 Å². The minimum Gasteiger partial charge on any atom is -0.256 e. The van der Waals surface area contributed by atoms with E-state index in [0.29, 0.717) is 0 Å². The minimum absolute atomic E-state index is 1.05. The highest BCUT2D eigenvalue weighted by atomic mass is 14.6. The van der Waals surface area contributed by atoms with Gasteiger partial charge in [0.15, 0.2) is 0 Å². The van der Waals surface area contributed by atoms with Gasteiger partial charge in [-0.3, -0.25) is 4.98 Å². The van der Waals surface area contributed by atoms with E-state index in [4.69, 9.17) is 4.98 Å².